The van der Waals surface area contributed by atoms with Gasteiger partial charge >= 0.3 is 0 Å². The number of rotatable bonds is 10. The Balaban J connectivity index is 1.48. The number of benzene rings is 1. The summed E-state index contributed by atoms with van der Waals surface area (Å²) < 4.78 is 12.7. The summed E-state index contributed by atoms with van der Waals surface area (Å²) in [5.41, 5.74) is 0.193. The van der Waals surface area contributed by atoms with Crippen molar-refractivity contribution in [3.8, 4) is 11.5 Å². The second-order valence-electron chi connectivity index (χ2n) is 9.67. The van der Waals surface area contributed by atoms with Crippen LogP contribution >= 0.6 is 0 Å². The molecule has 2 aromatic rings. The van der Waals surface area contributed by atoms with E-state index in [1.165, 1.54) is 6.20 Å². The van der Waals surface area contributed by atoms with Gasteiger partial charge in [-0.2, -0.15) is 0 Å². The molecule has 0 bridgehead atoms. The highest BCUT2D eigenvalue weighted by Gasteiger charge is 2.26. The van der Waals surface area contributed by atoms with E-state index in [-0.39, 0.29) is 30.1 Å². The average Bonchev–Trinajstić information content (AvgIpc) is 3.48. The predicted molar refractivity (Wildman–Crippen MR) is 134 cm³/mol. The van der Waals surface area contributed by atoms with Gasteiger partial charge in [-0.15, -0.1) is 0 Å². The summed E-state index contributed by atoms with van der Waals surface area (Å²) >= 11 is 0. The van der Waals surface area contributed by atoms with Crippen LogP contribution in [0.5, 0.6) is 11.5 Å². The standard InChI is InChI=1S/C26H34N4O6/c1-4-29-14-18(24(32)17-12-21-22(13-20(17)29)36-15-35-21)25(33)28-19(11-16(2)3)26(34)27-8-6-10-30-9-5-7-23(30)31/h12-14,16,19H,4-11,15H2,1-3H3,(H,27,34)(H,28,33)/t19-/m0/s1. The van der Waals surface area contributed by atoms with Crippen molar-refractivity contribution in [2.24, 2.45) is 5.92 Å². The summed E-state index contributed by atoms with van der Waals surface area (Å²) in [5.74, 6) is 0.432. The van der Waals surface area contributed by atoms with Crippen molar-refractivity contribution in [3.05, 3.63) is 34.1 Å². The van der Waals surface area contributed by atoms with Gasteiger partial charge in [0.15, 0.2) is 11.5 Å². The van der Waals surface area contributed by atoms with Crippen LogP contribution in [0, 0.1) is 5.92 Å². The summed E-state index contributed by atoms with van der Waals surface area (Å²) in [5, 5.41) is 6.01. The van der Waals surface area contributed by atoms with Crippen molar-refractivity contribution >= 4 is 28.6 Å². The van der Waals surface area contributed by atoms with Crippen LogP contribution in [-0.2, 0) is 16.1 Å². The van der Waals surface area contributed by atoms with Gasteiger partial charge in [0.1, 0.15) is 11.6 Å². The topological polar surface area (TPSA) is 119 Å². The summed E-state index contributed by atoms with van der Waals surface area (Å²) in [4.78, 5) is 53.0. The Morgan fingerprint density at radius 3 is 2.56 bits per heavy atom. The van der Waals surface area contributed by atoms with Gasteiger partial charge in [-0.1, -0.05) is 13.8 Å². The van der Waals surface area contributed by atoms with E-state index in [1.54, 1.807) is 12.1 Å². The molecule has 3 heterocycles. The predicted octanol–water partition coefficient (Wildman–Crippen LogP) is 2.02. The van der Waals surface area contributed by atoms with Crippen molar-refractivity contribution in [1.82, 2.24) is 20.1 Å². The van der Waals surface area contributed by atoms with Crippen LogP contribution in [0.25, 0.3) is 10.9 Å². The molecular formula is C26H34N4O6. The quantitative estimate of drug-likeness (QED) is 0.484. The summed E-state index contributed by atoms with van der Waals surface area (Å²) in [6.45, 7) is 8.24. The third kappa shape index (κ3) is 5.47. The maximum atomic E-state index is 13.3. The van der Waals surface area contributed by atoms with E-state index in [2.05, 4.69) is 10.6 Å². The Labute approximate surface area is 209 Å². The fraction of sp³-hybridized carbons (Fsp3) is 0.538. The van der Waals surface area contributed by atoms with Crippen LogP contribution in [-0.4, -0.2) is 59.7 Å². The van der Waals surface area contributed by atoms with Gasteiger partial charge in [-0.25, -0.2) is 0 Å². The molecule has 0 radical (unpaired) electrons. The van der Waals surface area contributed by atoms with Crippen LogP contribution in [0.15, 0.2) is 23.1 Å². The summed E-state index contributed by atoms with van der Waals surface area (Å²) in [7, 11) is 0. The van der Waals surface area contributed by atoms with E-state index in [1.807, 2.05) is 30.2 Å². The molecule has 2 aliphatic heterocycles. The molecule has 1 atom stereocenters. The fourth-order valence-electron chi connectivity index (χ4n) is 4.69. The maximum absolute atomic E-state index is 13.3. The Morgan fingerprint density at radius 2 is 1.89 bits per heavy atom. The minimum atomic E-state index is -0.784. The highest BCUT2D eigenvalue weighted by Crippen LogP contribution is 2.35. The molecule has 1 saturated heterocycles. The van der Waals surface area contributed by atoms with Crippen LogP contribution in [0.4, 0.5) is 0 Å². The molecule has 0 aliphatic carbocycles. The van der Waals surface area contributed by atoms with Gasteiger partial charge in [0.2, 0.25) is 24.0 Å². The van der Waals surface area contributed by atoms with Crippen molar-refractivity contribution < 1.29 is 23.9 Å². The van der Waals surface area contributed by atoms with E-state index in [4.69, 9.17) is 9.47 Å². The second kappa shape index (κ2) is 11.0. The molecule has 1 aromatic carbocycles. The van der Waals surface area contributed by atoms with Crippen molar-refractivity contribution in [2.75, 3.05) is 26.4 Å². The minimum Gasteiger partial charge on any atom is -0.454 e. The fourth-order valence-corrected chi connectivity index (χ4v) is 4.69. The lowest BCUT2D eigenvalue weighted by Crippen LogP contribution is -2.48. The Bertz CT molecular complexity index is 1220. The number of ether oxygens (including phenoxy) is 2. The zero-order chi connectivity index (χ0) is 25.8. The van der Waals surface area contributed by atoms with Crippen LogP contribution in [0.3, 0.4) is 0 Å². The largest absolute Gasteiger partial charge is 0.454 e. The molecule has 2 N–H and O–H groups in total. The molecule has 2 aliphatic rings. The molecule has 0 spiro atoms. The molecule has 0 unspecified atom stereocenters. The number of fused-ring (bicyclic) bond motifs is 2. The lowest BCUT2D eigenvalue weighted by molar-refractivity contribution is -0.127. The lowest BCUT2D eigenvalue weighted by Gasteiger charge is -2.21. The van der Waals surface area contributed by atoms with E-state index in [0.29, 0.717) is 61.3 Å². The number of likely N-dealkylation sites (tertiary alicyclic amines) is 1. The van der Waals surface area contributed by atoms with Gasteiger partial charge < -0.3 is 29.6 Å². The molecular weight excluding hydrogens is 464 g/mol. The average molecular weight is 499 g/mol. The van der Waals surface area contributed by atoms with Crippen molar-refractivity contribution in [2.45, 2.75) is 59.0 Å². The molecule has 10 heteroatoms. The summed E-state index contributed by atoms with van der Waals surface area (Å²) in [6.07, 6.45) is 4.07. The van der Waals surface area contributed by atoms with Crippen molar-refractivity contribution in [1.29, 1.82) is 0 Å². The van der Waals surface area contributed by atoms with Crippen LogP contribution in [0.1, 0.15) is 56.8 Å². The highest BCUT2D eigenvalue weighted by atomic mass is 16.7. The Hall–Kier alpha value is -3.56. The first kappa shape index (κ1) is 25.5. The molecule has 194 valence electrons. The number of carbonyl (C=O) groups is 3. The van der Waals surface area contributed by atoms with Gasteiger partial charge in [0.25, 0.3) is 5.91 Å². The highest BCUT2D eigenvalue weighted by molar-refractivity contribution is 6.00. The smallest absolute Gasteiger partial charge is 0.257 e. The Morgan fingerprint density at radius 1 is 1.14 bits per heavy atom. The van der Waals surface area contributed by atoms with E-state index in [9.17, 15) is 19.2 Å². The molecule has 1 aromatic heterocycles. The van der Waals surface area contributed by atoms with E-state index >= 15 is 0 Å². The number of nitrogens with one attached hydrogen (secondary N) is 2. The zero-order valence-corrected chi connectivity index (χ0v) is 21.1. The number of pyridine rings is 1. The van der Waals surface area contributed by atoms with Gasteiger partial charge in [0, 0.05) is 44.9 Å². The molecule has 4 rings (SSSR count). The lowest BCUT2D eigenvalue weighted by atomic mass is 10.0. The monoisotopic (exact) mass is 498 g/mol. The zero-order valence-electron chi connectivity index (χ0n) is 21.1. The molecule has 36 heavy (non-hydrogen) atoms. The van der Waals surface area contributed by atoms with Crippen molar-refractivity contribution in [3.63, 3.8) is 0 Å². The third-order valence-corrected chi connectivity index (χ3v) is 6.56. The van der Waals surface area contributed by atoms with Crippen LogP contribution in [0.2, 0.25) is 0 Å². The van der Waals surface area contributed by atoms with E-state index < -0.39 is 17.4 Å². The summed E-state index contributed by atoms with van der Waals surface area (Å²) in [6, 6.07) is 2.56. The number of amides is 3. The minimum absolute atomic E-state index is 0.0303. The second-order valence-corrected chi connectivity index (χ2v) is 9.67. The number of hydrogen-bond donors (Lipinski definition) is 2. The van der Waals surface area contributed by atoms with Crippen LogP contribution < -0.4 is 25.5 Å². The van der Waals surface area contributed by atoms with E-state index in [0.717, 1.165) is 13.0 Å². The first-order chi connectivity index (χ1) is 17.3. The number of carbonyl (C=O) groups excluding carboxylic acids is 3. The SMILES string of the molecule is CCn1cc(C(=O)N[C@@H](CC(C)C)C(=O)NCCCN2CCCC2=O)c(=O)c2cc3c(cc21)OCO3. The third-order valence-electron chi connectivity index (χ3n) is 6.56. The number of aryl methyl sites for hydroxylation is 1. The Kier molecular flexibility index (Phi) is 7.81. The first-order valence-corrected chi connectivity index (χ1v) is 12.6. The molecule has 1 fully saturated rings. The molecule has 3 amide bonds. The van der Waals surface area contributed by atoms with Gasteiger partial charge in [-0.05, 0) is 38.2 Å². The first-order valence-electron chi connectivity index (χ1n) is 12.6. The number of hydrogen-bond acceptors (Lipinski definition) is 6. The maximum Gasteiger partial charge on any atom is 0.257 e. The normalized spacial score (nSPS) is 15.6. The molecule has 10 nitrogen and oxygen atoms in total. The number of aromatic nitrogens is 1. The molecule has 0 saturated carbocycles. The van der Waals surface area contributed by atoms with Gasteiger partial charge in [-0.3, -0.25) is 19.2 Å². The van der Waals surface area contributed by atoms with Gasteiger partial charge in [0.05, 0.1) is 10.9 Å². The number of nitrogens with zero attached hydrogens (tertiary/aromatic N) is 2.